The number of aliphatic hydroxyl groups excluding tert-OH is 1. The minimum Gasteiger partial charge on any atom is -0.392 e. The fourth-order valence-corrected chi connectivity index (χ4v) is 5.65. The maximum Gasteiger partial charge on any atom is 0.245 e. The van der Waals surface area contributed by atoms with E-state index in [4.69, 9.17) is 23.2 Å². The lowest BCUT2D eigenvalue weighted by molar-refractivity contribution is 0.281. The SMILES string of the molecule is CCC1CCC(C)N1S(=O)(=O)c1cc(CO)c(Cl)cc1Cl. The van der Waals surface area contributed by atoms with E-state index >= 15 is 0 Å². The third-order valence-electron chi connectivity index (χ3n) is 4.01. The first-order valence-electron chi connectivity index (χ1n) is 6.95. The first kappa shape index (κ1) is 17.0. The highest BCUT2D eigenvalue weighted by molar-refractivity contribution is 7.89. The molecule has 118 valence electrons. The van der Waals surface area contributed by atoms with Crippen LogP contribution in [0.3, 0.4) is 0 Å². The third-order valence-corrected chi connectivity index (χ3v) is 6.89. The normalized spacial score (nSPS) is 23.7. The van der Waals surface area contributed by atoms with Crippen molar-refractivity contribution < 1.29 is 13.5 Å². The van der Waals surface area contributed by atoms with Gasteiger partial charge < -0.3 is 5.11 Å². The second-order valence-corrected chi connectivity index (χ2v) is 7.98. The van der Waals surface area contributed by atoms with E-state index in [1.54, 1.807) is 4.31 Å². The summed E-state index contributed by atoms with van der Waals surface area (Å²) in [7, 11) is -3.70. The first-order valence-corrected chi connectivity index (χ1v) is 9.14. The average Bonchev–Trinajstić information content (AvgIpc) is 2.80. The van der Waals surface area contributed by atoms with Gasteiger partial charge in [0.2, 0.25) is 10.0 Å². The average molecular weight is 352 g/mol. The van der Waals surface area contributed by atoms with Crippen molar-refractivity contribution in [3.63, 3.8) is 0 Å². The largest absolute Gasteiger partial charge is 0.392 e. The summed E-state index contributed by atoms with van der Waals surface area (Å²) >= 11 is 12.0. The lowest BCUT2D eigenvalue weighted by Crippen LogP contribution is -2.39. The summed E-state index contributed by atoms with van der Waals surface area (Å²) in [5.74, 6) is 0. The van der Waals surface area contributed by atoms with Crippen LogP contribution < -0.4 is 0 Å². The zero-order valence-corrected chi connectivity index (χ0v) is 14.3. The summed E-state index contributed by atoms with van der Waals surface area (Å²) in [6.45, 7) is 3.56. The van der Waals surface area contributed by atoms with E-state index in [0.717, 1.165) is 19.3 Å². The van der Waals surface area contributed by atoms with Crippen LogP contribution in [0.2, 0.25) is 10.0 Å². The molecule has 1 aliphatic heterocycles. The maximum atomic E-state index is 12.9. The summed E-state index contributed by atoms with van der Waals surface area (Å²) in [6.07, 6.45) is 2.46. The summed E-state index contributed by atoms with van der Waals surface area (Å²) < 4.78 is 27.4. The van der Waals surface area contributed by atoms with Crippen molar-refractivity contribution in [1.82, 2.24) is 4.31 Å². The van der Waals surface area contributed by atoms with Crippen LogP contribution in [-0.2, 0) is 16.6 Å². The van der Waals surface area contributed by atoms with E-state index in [0.29, 0.717) is 5.56 Å². The predicted octanol–water partition coefficient (Wildman–Crippen LogP) is 3.44. The van der Waals surface area contributed by atoms with Crippen molar-refractivity contribution in [2.75, 3.05) is 0 Å². The molecule has 0 bridgehead atoms. The summed E-state index contributed by atoms with van der Waals surface area (Å²) in [6, 6.07) is 2.69. The fraction of sp³-hybridized carbons (Fsp3) is 0.571. The highest BCUT2D eigenvalue weighted by atomic mass is 35.5. The van der Waals surface area contributed by atoms with Crippen molar-refractivity contribution in [2.45, 2.75) is 56.7 Å². The van der Waals surface area contributed by atoms with Gasteiger partial charge in [0, 0.05) is 17.1 Å². The molecule has 2 atom stereocenters. The number of rotatable bonds is 4. The van der Waals surface area contributed by atoms with Gasteiger partial charge in [-0.3, -0.25) is 0 Å². The first-order chi connectivity index (χ1) is 9.82. The second-order valence-electron chi connectivity index (χ2n) is 5.36. The predicted molar refractivity (Wildman–Crippen MR) is 84.2 cm³/mol. The molecule has 0 radical (unpaired) electrons. The molecule has 7 heteroatoms. The third kappa shape index (κ3) is 3.08. The molecule has 0 amide bonds. The molecule has 1 fully saturated rings. The Morgan fingerprint density at radius 1 is 1.29 bits per heavy atom. The van der Waals surface area contributed by atoms with E-state index < -0.39 is 10.0 Å². The van der Waals surface area contributed by atoms with Gasteiger partial charge in [0.1, 0.15) is 4.90 Å². The Labute approximate surface area is 135 Å². The molecule has 0 aliphatic carbocycles. The fourth-order valence-electron chi connectivity index (χ4n) is 2.87. The highest BCUT2D eigenvalue weighted by Crippen LogP contribution is 2.36. The number of halogens is 2. The Morgan fingerprint density at radius 3 is 2.52 bits per heavy atom. The van der Waals surface area contributed by atoms with Gasteiger partial charge in [0.15, 0.2) is 0 Å². The summed E-state index contributed by atoms with van der Waals surface area (Å²) in [5, 5.41) is 9.63. The van der Waals surface area contributed by atoms with Crippen LogP contribution in [0.15, 0.2) is 17.0 Å². The van der Waals surface area contributed by atoms with Crippen molar-refractivity contribution in [3.05, 3.63) is 27.7 Å². The van der Waals surface area contributed by atoms with E-state index in [9.17, 15) is 13.5 Å². The van der Waals surface area contributed by atoms with Crippen molar-refractivity contribution in [2.24, 2.45) is 0 Å². The van der Waals surface area contributed by atoms with Gasteiger partial charge in [0.25, 0.3) is 0 Å². The Bertz CT molecular complexity index is 633. The van der Waals surface area contributed by atoms with Crippen LogP contribution >= 0.6 is 23.2 Å². The van der Waals surface area contributed by atoms with E-state index in [1.807, 2.05) is 13.8 Å². The van der Waals surface area contributed by atoms with Crippen LogP contribution in [0.25, 0.3) is 0 Å². The van der Waals surface area contributed by atoms with Crippen molar-refractivity contribution in [3.8, 4) is 0 Å². The molecule has 1 aromatic rings. The quantitative estimate of drug-likeness (QED) is 0.903. The Hall–Kier alpha value is -0.330. The lowest BCUT2D eigenvalue weighted by Gasteiger charge is -2.27. The van der Waals surface area contributed by atoms with Gasteiger partial charge in [0.05, 0.1) is 11.6 Å². The minimum atomic E-state index is -3.70. The Kier molecular flexibility index (Phi) is 5.21. The van der Waals surface area contributed by atoms with Crippen LogP contribution in [0.5, 0.6) is 0 Å². The number of aliphatic hydroxyl groups is 1. The van der Waals surface area contributed by atoms with E-state index in [-0.39, 0.29) is 33.6 Å². The Balaban J connectivity index is 2.54. The zero-order chi connectivity index (χ0) is 15.8. The van der Waals surface area contributed by atoms with Crippen LogP contribution in [0.4, 0.5) is 0 Å². The molecule has 1 aliphatic rings. The minimum absolute atomic E-state index is 0.00526. The standard InChI is InChI=1S/C14H19Cl2NO3S/c1-3-11-5-4-9(2)17(11)21(19,20)14-6-10(8-18)12(15)7-13(14)16/h6-7,9,11,18H,3-5,8H2,1-2H3. The molecule has 2 rings (SSSR count). The van der Waals surface area contributed by atoms with Gasteiger partial charge in [-0.2, -0.15) is 4.31 Å². The summed E-state index contributed by atoms with van der Waals surface area (Å²) in [4.78, 5) is 0.0183. The number of sulfonamides is 1. The van der Waals surface area contributed by atoms with Gasteiger partial charge >= 0.3 is 0 Å². The molecule has 4 nitrogen and oxygen atoms in total. The van der Waals surface area contributed by atoms with Gasteiger partial charge in [-0.1, -0.05) is 30.1 Å². The molecule has 0 saturated carbocycles. The number of nitrogens with zero attached hydrogens (tertiary/aromatic N) is 1. The number of benzene rings is 1. The molecule has 1 heterocycles. The number of hydrogen-bond donors (Lipinski definition) is 1. The highest BCUT2D eigenvalue weighted by Gasteiger charge is 2.40. The van der Waals surface area contributed by atoms with Gasteiger partial charge in [-0.05, 0) is 43.9 Å². The topological polar surface area (TPSA) is 57.6 Å². The molecule has 0 spiro atoms. The monoisotopic (exact) mass is 351 g/mol. The molecule has 2 unspecified atom stereocenters. The van der Waals surface area contributed by atoms with Crippen LogP contribution in [-0.4, -0.2) is 29.9 Å². The van der Waals surface area contributed by atoms with Crippen molar-refractivity contribution in [1.29, 1.82) is 0 Å². The molecule has 1 N–H and O–H groups in total. The zero-order valence-electron chi connectivity index (χ0n) is 12.0. The molecule has 1 aromatic carbocycles. The maximum absolute atomic E-state index is 12.9. The molecular weight excluding hydrogens is 333 g/mol. The smallest absolute Gasteiger partial charge is 0.245 e. The number of hydrogen-bond acceptors (Lipinski definition) is 3. The van der Waals surface area contributed by atoms with Gasteiger partial charge in [-0.25, -0.2) is 8.42 Å². The van der Waals surface area contributed by atoms with Crippen molar-refractivity contribution >= 4 is 33.2 Å². The second kappa shape index (κ2) is 6.42. The lowest BCUT2D eigenvalue weighted by atomic mass is 10.2. The van der Waals surface area contributed by atoms with Crippen LogP contribution in [0.1, 0.15) is 38.7 Å². The Morgan fingerprint density at radius 2 is 1.95 bits per heavy atom. The van der Waals surface area contributed by atoms with E-state index in [1.165, 1.54) is 12.1 Å². The summed E-state index contributed by atoms with van der Waals surface area (Å²) in [5.41, 5.74) is 0.361. The molecule has 0 aromatic heterocycles. The molecular formula is C14H19Cl2NO3S. The molecule has 1 saturated heterocycles. The van der Waals surface area contributed by atoms with Gasteiger partial charge in [-0.15, -0.1) is 0 Å². The van der Waals surface area contributed by atoms with E-state index in [2.05, 4.69) is 0 Å². The molecule has 21 heavy (non-hydrogen) atoms. The van der Waals surface area contributed by atoms with Crippen LogP contribution in [0, 0.1) is 0 Å².